The van der Waals surface area contributed by atoms with Crippen molar-refractivity contribution in [1.82, 2.24) is 9.97 Å². The number of benzene rings is 1. The fourth-order valence-electron chi connectivity index (χ4n) is 3.15. The number of ketones is 2. The number of carbonyl (C=O) groups excluding carboxylic acids is 3. The average molecular weight is 522 g/mol. The van der Waals surface area contributed by atoms with Crippen LogP contribution in [0, 0.1) is 5.82 Å². The maximum atomic E-state index is 13.6. The molecule has 1 heterocycles. The topological polar surface area (TPSA) is 144 Å². The van der Waals surface area contributed by atoms with Crippen LogP contribution in [0.2, 0.25) is 0 Å². The van der Waals surface area contributed by atoms with E-state index in [1.807, 2.05) is 0 Å². The van der Waals surface area contributed by atoms with Crippen molar-refractivity contribution in [3.8, 4) is 11.3 Å². The van der Waals surface area contributed by atoms with Crippen LogP contribution in [0.1, 0.15) is 50.8 Å². The van der Waals surface area contributed by atoms with Crippen LogP contribution in [0.3, 0.4) is 0 Å². The third-order valence-corrected chi connectivity index (χ3v) is 6.10. The summed E-state index contributed by atoms with van der Waals surface area (Å²) in [5.74, 6) is -3.88. The molecule has 10 nitrogen and oxygen atoms in total. The van der Waals surface area contributed by atoms with Gasteiger partial charge in [0.05, 0.1) is 36.2 Å². The highest BCUT2D eigenvalue weighted by Crippen LogP contribution is 2.34. The summed E-state index contributed by atoms with van der Waals surface area (Å²) in [7, 11) is -2.48. The average Bonchev–Trinajstić information content (AvgIpc) is 2.77. The van der Waals surface area contributed by atoms with Crippen molar-refractivity contribution in [2.75, 3.05) is 24.2 Å². The fourth-order valence-corrected chi connectivity index (χ4v) is 3.53. The predicted octanol–water partition coefficient (Wildman–Crippen LogP) is 3.18. The molecule has 1 aromatic heterocycles. The van der Waals surface area contributed by atoms with Crippen LogP contribution in [0.25, 0.3) is 17.0 Å². The summed E-state index contributed by atoms with van der Waals surface area (Å²) < 4.78 is 43.4. The molecule has 2 aromatic rings. The number of halogens is 1. The number of anilines is 1. The quantitative estimate of drug-likeness (QED) is 0.204. The zero-order valence-electron chi connectivity index (χ0n) is 20.6. The number of aromatic nitrogens is 2. The van der Waals surface area contributed by atoms with E-state index in [1.54, 1.807) is 20.8 Å². The smallest absolute Gasteiger partial charge is 0.313 e. The number of hydrogen-bond donors (Lipinski definition) is 1. The van der Waals surface area contributed by atoms with Gasteiger partial charge in [0.15, 0.2) is 11.6 Å². The number of aliphatic hydroxyl groups excluding tert-OH is 1. The third kappa shape index (κ3) is 7.41. The van der Waals surface area contributed by atoms with E-state index in [0.717, 1.165) is 28.8 Å². The van der Waals surface area contributed by atoms with Crippen LogP contribution >= 0.6 is 0 Å². The Morgan fingerprint density at radius 1 is 1.14 bits per heavy atom. The van der Waals surface area contributed by atoms with Crippen LogP contribution in [-0.2, 0) is 29.1 Å². The standard InChI is InChI=1S/C24H28FN3O7S/c1-6-35-20(32)13-18(30)11-17(29)12-19(31)21-22(14(2)3)26-24(28(4)36(5,33)34)27-23(21)15-7-9-16(25)10-8-15/h7-10,12,14,31H,6,11,13H2,1-5H3/b19-12-. The highest BCUT2D eigenvalue weighted by Gasteiger charge is 2.25. The molecule has 0 aliphatic carbocycles. The van der Waals surface area contributed by atoms with Crippen LogP contribution in [0.4, 0.5) is 10.3 Å². The highest BCUT2D eigenvalue weighted by molar-refractivity contribution is 7.92. The summed E-state index contributed by atoms with van der Waals surface area (Å²) >= 11 is 0. The SMILES string of the molecule is CCOC(=O)CC(=O)CC(=O)/C=C(\O)c1c(-c2ccc(F)cc2)nc(N(C)S(C)(=O)=O)nc1C(C)C. The summed E-state index contributed by atoms with van der Waals surface area (Å²) in [5.41, 5.74) is 0.617. The number of ether oxygens (including phenoxy) is 1. The summed E-state index contributed by atoms with van der Waals surface area (Å²) in [6.07, 6.45) is 0.560. The van der Waals surface area contributed by atoms with E-state index in [9.17, 15) is 32.3 Å². The van der Waals surface area contributed by atoms with Crippen LogP contribution in [-0.4, -0.2) is 60.9 Å². The van der Waals surface area contributed by atoms with Gasteiger partial charge in [-0.25, -0.2) is 27.1 Å². The monoisotopic (exact) mass is 521 g/mol. The molecule has 194 valence electrons. The van der Waals surface area contributed by atoms with Gasteiger partial charge < -0.3 is 9.84 Å². The molecule has 2 rings (SSSR count). The van der Waals surface area contributed by atoms with Crippen molar-refractivity contribution in [3.63, 3.8) is 0 Å². The Bertz CT molecular complexity index is 1290. The minimum Gasteiger partial charge on any atom is -0.507 e. The Kier molecular flexibility index (Phi) is 9.40. The molecule has 0 saturated heterocycles. The van der Waals surface area contributed by atoms with Gasteiger partial charge in [0.25, 0.3) is 0 Å². The van der Waals surface area contributed by atoms with Gasteiger partial charge in [0.1, 0.15) is 18.0 Å². The van der Waals surface area contributed by atoms with Gasteiger partial charge in [0.2, 0.25) is 16.0 Å². The van der Waals surface area contributed by atoms with Crippen molar-refractivity contribution >= 4 is 39.3 Å². The molecule has 0 radical (unpaired) electrons. The van der Waals surface area contributed by atoms with Crippen LogP contribution < -0.4 is 4.31 Å². The summed E-state index contributed by atoms with van der Waals surface area (Å²) in [6, 6.07) is 5.09. The van der Waals surface area contributed by atoms with Gasteiger partial charge in [-0.15, -0.1) is 0 Å². The van der Waals surface area contributed by atoms with E-state index >= 15 is 0 Å². The number of Topliss-reactive ketones (excluding diaryl/α,β-unsaturated/α-hetero) is 1. The molecule has 12 heteroatoms. The van der Waals surface area contributed by atoms with Gasteiger partial charge in [-0.05, 0) is 37.1 Å². The zero-order valence-corrected chi connectivity index (χ0v) is 21.4. The lowest BCUT2D eigenvalue weighted by atomic mass is 9.96. The second-order valence-electron chi connectivity index (χ2n) is 8.22. The number of nitrogens with zero attached hydrogens (tertiary/aromatic N) is 3. The van der Waals surface area contributed by atoms with Crippen molar-refractivity contribution in [3.05, 3.63) is 47.4 Å². The first-order chi connectivity index (χ1) is 16.7. The number of rotatable bonds is 11. The lowest BCUT2D eigenvalue weighted by Crippen LogP contribution is -2.27. The molecule has 36 heavy (non-hydrogen) atoms. The molecule has 1 N–H and O–H groups in total. The molecular weight excluding hydrogens is 493 g/mol. The Hall–Kier alpha value is -3.67. The minimum atomic E-state index is -3.74. The maximum Gasteiger partial charge on any atom is 0.313 e. The zero-order chi connectivity index (χ0) is 27.2. The molecule has 0 aliphatic rings. The number of aliphatic hydroxyl groups is 1. The van der Waals surface area contributed by atoms with Crippen LogP contribution in [0.5, 0.6) is 0 Å². The first-order valence-corrected chi connectivity index (χ1v) is 12.8. The third-order valence-electron chi connectivity index (χ3n) is 4.94. The lowest BCUT2D eigenvalue weighted by Gasteiger charge is -2.21. The Morgan fingerprint density at radius 3 is 2.28 bits per heavy atom. The van der Waals surface area contributed by atoms with Gasteiger partial charge in [-0.3, -0.25) is 14.4 Å². The van der Waals surface area contributed by atoms with E-state index in [4.69, 9.17) is 0 Å². The molecule has 0 amide bonds. The van der Waals surface area contributed by atoms with E-state index in [1.165, 1.54) is 19.2 Å². The van der Waals surface area contributed by atoms with E-state index in [0.29, 0.717) is 5.56 Å². The van der Waals surface area contributed by atoms with E-state index in [-0.39, 0.29) is 35.4 Å². The molecular formula is C24H28FN3O7S. The summed E-state index contributed by atoms with van der Waals surface area (Å²) in [6.45, 7) is 5.15. The summed E-state index contributed by atoms with van der Waals surface area (Å²) in [5, 5.41) is 10.9. The van der Waals surface area contributed by atoms with Gasteiger partial charge >= 0.3 is 5.97 Å². The normalized spacial score (nSPS) is 11.9. The molecule has 0 spiro atoms. The van der Waals surface area contributed by atoms with Crippen molar-refractivity contribution in [1.29, 1.82) is 0 Å². The number of sulfonamides is 1. The maximum absolute atomic E-state index is 13.6. The number of esters is 1. The molecule has 1 aromatic carbocycles. The van der Waals surface area contributed by atoms with Crippen molar-refractivity contribution < 1.29 is 37.0 Å². The first-order valence-electron chi connectivity index (χ1n) is 11.0. The van der Waals surface area contributed by atoms with Gasteiger partial charge in [-0.2, -0.15) is 0 Å². The second kappa shape index (κ2) is 11.8. The lowest BCUT2D eigenvalue weighted by molar-refractivity contribution is -0.145. The molecule has 0 atom stereocenters. The fraction of sp³-hybridized carbons (Fsp3) is 0.375. The molecule has 0 aliphatic heterocycles. The number of allylic oxidation sites excluding steroid dienone is 1. The second-order valence-corrected chi connectivity index (χ2v) is 10.2. The number of hydrogen-bond acceptors (Lipinski definition) is 9. The predicted molar refractivity (Wildman–Crippen MR) is 131 cm³/mol. The Balaban J connectivity index is 2.63. The molecule has 0 fully saturated rings. The van der Waals surface area contributed by atoms with E-state index < -0.39 is 52.0 Å². The Labute approximate surface area is 208 Å². The van der Waals surface area contributed by atoms with Gasteiger partial charge in [-0.1, -0.05) is 13.8 Å². The van der Waals surface area contributed by atoms with Gasteiger partial charge in [0, 0.05) is 18.7 Å². The van der Waals surface area contributed by atoms with Crippen molar-refractivity contribution in [2.24, 2.45) is 0 Å². The first kappa shape index (κ1) is 28.6. The Morgan fingerprint density at radius 2 is 1.75 bits per heavy atom. The van der Waals surface area contributed by atoms with Crippen molar-refractivity contribution in [2.45, 2.75) is 39.5 Å². The highest BCUT2D eigenvalue weighted by atomic mass is 32.2. The molecule has 0 unspecified atom stereocenters. The largest absolute Gasteiger partial charge is 0.507 e. The van der Waals surface area contributed by atoms with Crippen LogP contribution in [0.15, 0.2) is 30.3 Å². The minimum absolute atomic E-state index is 0.0217. The molecule has 0 bridgehead atoms. The van der Waals surface area contributed by atoms with E-state index in [2.05, 4.69) is 14.7 Å². The number of carbonyl (C=O) groups is 3. The molecule has 0 saturated carbocycles. The summed E-state index contributed by atoms with van der Waals surface area (Å²) in [4.78, 5) is 44.6.